The van der Waals surface area contributed by atoms with Gasteiger partial charge in [-0.25, -0.2) is 0 Å². The highest BCUT2D eigenvalue weighted by atomic mass is 35.5. The highest BCUT2D eigenvalue weighted by Gasteiger charge is 2.46. The molecule has 1 saturated heterocycles. The Labute approximate surface area is 141 Å². The number of carbonyl (C=O) groups excluding carboxylic acids is 1. The summed E-state index contributed by atoms with van der Waals surface area (Å²) in [6, 6.07) is 6.32. The average molecular weight is 341 g/mol. The Hall–Kier alpha value is -0.770. The number of halogens is 2. The molecule has 5 heteroatoms. The third-order valence-electron chi connectivity index (χ3n) is 5.07. The summed E-state index contributed by atoms with van der Waals surface area (Å²) in [4.78, 5) is 12.9. The topological polar surface area (TPSA) is 41.1 Å². The highest BCUT2D eigenvalue weighted by Crippen LogP contribution is 2.45. The first-order chi connectivity index (χ1) is 10.5. The van der Waals surface area contributed by atoms with E-state index in [1.54, 1.807) is 6.07 Å². The molecule has 1 heterocycles. The second-order valence-corrected chi connectivity index (χ2v) is 7.43. The van der Waals surface area contributed by atoms with E-state index in [0.717, 1.165) is 44.2 Å². The maximum absolute atomic E-state index is 12.9. The zero-order valence-corrected chi connectivity index (χ0v) is 14.3. The summed E-state index contributed by atoms with van der Waals surface area (Å²) >= 11 is 12.1. The van der Waals surface area contributed by atoms with E-state index in [0.29, 0.717) is 16.1 Å². The summed E-state index contributed by atoms with van der Waals surface area (Å²) in [6.45, 7) is 3.13. The molecule has 0 radical (unpaired) electrons. The molecule has 3 nitrogen and oxygen atoms in total. The maximum Gasteiger partial charge on any atom is 0.230 e. The minimum Gasteiger partial charge on any atom is -0.352 e. The third kappa shape index (κ3) is 2.99. The molecule has 0 spiro atoms. The molecule has 1 aromatic rings. The molecular weight excluding hydrogens is 319 g/mol. The Morgan fingerprint density at radius 2 is 2.09 bits per heavy atom. The number of benzene rings is 1. The lowest BCUT2D eigenvalue weighted by molar-refractivity contribution is -0.130. The van der Waals surface area contributed by atoms with Gasteiger partial charge < -0.3 is 10.6 Å². The fourth-order valence-electron chi connectivity index (χ4n) is 3.56. The summed E-state index contributed by atoms with van der Waals surface area (Å²) in [5.74, 6) is 0.149. The van der Waals surface area contributed by atoms with Crippen molar-refractivity contribution in [1.82, 2.24) is 10.6 Å². The predicted octanol–water partition coefficient (Wildman–Crippen LogP) is 3.67. The summed E-state index contributed by atoms with van der Waals surface area (Å²) < 4.78 is 0. The van der Waals surface area contributed by atoms with E-state index >= 15 is 0 Å². The molecule has 0 aromatic heterocycles. The maximum atomic E-state index is 12.9. The Bertz CT molecular complexity index is 572. The van der Waals surface area contributed by atoms with Crippen LogP contribution in [0, 0.1) is 0 Å². The van der Waals surface area contributed by atoms with Crippen LogP contribution in [0.15, 0.2) is 18.2 Å². The van der Waals surface area contributed by atoms with E-state index in [-0.39, 0.29) is 11.9 Å². The number of hydrogen-bond donors (Lipinski definition) is 2. The molecule has 1 aliphatic carbocycles. The van der Waals surface area contributed by atoms with E-state index in [1.807, 2.05) is 12.1 Å². The molecule has 2 atom stereocenters. The number of carbonyl (C=O) groups is 1. The van der Waals surface area contributed by atoms with Crippen LogP contribution in [-0.2, 0) is 10.2 Å². The fraction of sp³-hybridized carbons (Fsp3) is 0.588. The van der Waals surface area contributed by atoms with Crippen LogP contribution in [0.25, 0.3) is 0 Å². The largest absolute Gasteiger partial charge is 0.352 e. The normalized spacial score (nSPS) is 27.0. The van der Waals surface area contributed by atoms with E-state index in [2.05, 4.69) is 17.6 Å². The lowest BCUT2D eigenvalue weighted by Crippen LogP contribution is -2.54. The Kier molecular flexibility index (Phi) is 4.67. The Balaban J connectivity index is 1.77. The highest BCUT2D eigenvalue weighted by molar-refractivity contribution is 6.42. The van der Waals surface area contributed by atoms with Crippen molar-refractivity contribution in [2.75, 3.05) is 6.54 Å². The van der Waals surface area contributed by atoms with Gasteiger partial charge >= 0.3 is 0 Å². The molecule has 120 valence electrons. The van der Waals surface area contributed by atoms with Crippen LogP contribution in [-0.4, -0.2) is 24.5 Å². The Morgan fingerprint density at radius 3 is 2.68 bits per heavy atom. The number of nitrogens with one attached hydrogen (secondary N) is 2. The van der Waals surface area contributed by atoms with Gasteiger partial charge in [-0.2, -0.15) is 0 Å². The van der Waals surface area contributed by atoms with Crippen LogP contribution in [0.3, 0.4) is 0 Å². The van der Waals surface area contributed by atoms with E-state index in [9.17, 15) is 4.79 Å². The van der Waals surface area contributed by atoms with Gasteiger partial charge in [0.15, 0.2) is 0 Å². The first-order valence-electron chi connectivity index (χ1n) is 8.01. The SMILES string of the molecule is CC1CC(NC(=O)C2(c3ccc(Cl)c(Cl)c3)CCC2)CCN1. The average Bonchev–Trinajstić information content (AvgIpc) is 2.41. The van der Waals surface area contributed by atoms with E-state index in [4.69, 9.17) is 23.2 Å². The van der Waals surface area contributed by atoms with Gasteiger partial charge in [0.05, 0.1) is 15.5 Å². The van der Waals surface area contributed by atoms with Crippen molar-refractivity contribution in [3.05, 3.63) is 33.8 Å². The number of piperidine rings is 1. The van der Waals surface area contributed by atoms with Crippen molar-refractivity contribution < 1.29 is 4.79 Å². The molecule has 1 aromatic carbocycles. The molecule has 1 saturated carbocycles. The number of hydrogen-bond acceptors (Lipinski definition) is 2. The zero-order chi connectivity index (χ0) is 15.7. The van der Waals surface area contributed by atoms with Crippen LogP contribution >= 0.6 is 23.2 Å². The lowest BCUT2D eigenvalue weighted by Gasteiger charge is -2.42. The van der Waals surface area contributed by atoms with Gasteiger partial charge in [0.2, 0.25) is 5.91 Å². The number of rotatable bonds is 3. The first-order valence-corrected chi connectivity index (χ1v) is 8.77. The molecule has 2 aliphatic rings. The molecule has 2 N–H and O–H groups in total. The quantitative estimate of drug-likeness (QED) is 0.881. The Morgan fingerprint density at radius 1 is 1.32 bits per heavy atom. The van der Waals surface area contributed by atoms with Crippen molar-refractivity contribution >= 4 is 29.1 Å². The summed E-state index contributed by atoms with van der Waals surface area (Å²) in [5, 5.41) is 7.74. The van der Waals surface area contributed by atoms with Crippen LogP contribution in [0.4, 0.5) is 0 Å². The lowest BCUT2D eigenvalue weighted by atomic mass is 9.63. The van der Waals surface area contributed by atoms with Gasteiger partial charge in [-0.15, -0.1) is 0 Å². The van der Waals surface area contributed by atoms with Crippen LogP contribution in [0.5, 0.6) is 0 Å². The predicted molar refractivity (Wildman–Crippen MR) is 90.6 cm³/mol. The van der Waals surface area contributed by atoms with E-state index < -0.39 is 5.41 Å². The molecule has 2 unspecified atom stereocenters. The molecule has 1 amide bonds. The van der Waals surface area contributed by atoms with Crippen molar-refractivity contribution in [3.8, 4) is 0 Å². The van der Waals surface area contributed by atoms with E-state index in [1.165, 1.54) is 0 Å². The van der Waals surface area contributed by atoms with Crippen molar-refractivity contribution in [2.24, 2.45) is 0 Å². The van der Waals surface area contributed by atoms with Crippen molar-refractivity contribution in [2.45, 2.75) is 56.5 Å². The standard InChI is InChI=1S/C17H22Cl2N2O/c1-11-9-13(5-8-20-11)21-16(22)17(6-2-7-17)12-3-4-14(18)15(19)10-12/h3-4,10-11,13,20H,2,5-9H2,1H3,(H,21,22). The molecule has 2 fully saturated rings. The summed E-state index contributed by atoms with van der Waals surface area (Å²) in [7, 11) is 0. The monoisotopic (exact) mass is 340 g/mol. The summed E-state index contributed by atoms with van der Waals surface area (Å²) in [5.41, 5.74) is 0.579. The van der Waals surface area contributed by atoms with Gasteiger partial charge in [-0.3, -0.25) is 4.79 Å². The third-order valence-corrected chi connectivity index (χ3v) is 5.81. The van der Waals surface area contributed by atoms with Crippen molar-refractivity contribution in [3.63, 3.8) is 0 Å². The van der Waals surface area contributed by atoms with Gasteiger partial charge in [-0.05, 0) is 56.8 Å². The molecule has 1 aliphatic heterocycles. The van der Waals surface area contributed by atoms with Gasteiger partial charge in [-0.1, -0.05) is 35.7 Å². The van der Waals surface area contributed by atoms with Gasteiger partial charge in [0, 0.05) is 12.1 Å². The van der Waals surface area contributed by atoms with Crippen LogP contribution in [0.2, 0.25) is 10.0 Å². The molecular formula is C17H22Cl2N2O. The fourth-order valence-corrected chi connectivity index (χ4v) is 3.86. The second-order valence-electron chi connectivity index (χ2n) is 6.61. The molecule has 3 rings (SSSR count). The van der Waals surface area contributed by atoms with Gasteiger partial charge in [0.25, 0.3) is 0 Å². The minimum atomic E-state index is -0.414. The molecule has 0 bridgehead atoms. The minimum absolute atomic E-state index is 0.149. The number of amides is 1. The van der Waals surface area contributed by atoms with Crippen LogP contribution in [0.1, 0.15) is 44.6 Å². The summed E-state index contributed by atoms with van der Waals surface area (Å²) in [6.07, 6.45) is 4.83. The molecule has 22 heavy (non-hydrogen) atoms. The smallest absolute Gasteiger partial charge is 0.230 e. The van der Waals surface area contributed by atoms with Gasteiger partial charge in [0.1, 0.15) is 0 Å². The first kappa shape index (κ1) is 16.1. The zero-order valence-electron chi connectivity index (χ0n) is 12.8. The van der Waals surface area contributed by atoms with Crippen LogP contribution < -0.4 is 10.6 Å². The second kappa shape index (κ2) is 6.38. The van der Waals surface area contributed by atoms with Crippen molar-refractivity contribution in [1.29, 1.82) is 0 Å².